The molecule has 0 aromatic rings. The van der Waals surface area contributed by atoms with E-state index in [9.17, 15) is 0 Å². The topological polar surface area (TPSA) is 6.48 Å². The highest BCUT2D eigenvalue weighted by Gasteiger charge is 2.34. The van der Waals surface area contributed by atoms with Gasteiger partial charge in [-0.3, -0.25) is 4.90 Å². The molecular formula is C17H33BrN2. The van der Waals surface area contributed by atoms with Crippen LogP contribution in [0.2, 0.25) is 0 Å². The average molecular weight is 345 g/mol. The van der Waals surface area contributed by atoms with Crippen LogP contribution in [0, 0.1) is 5.41 Å². The lowest BCUT2D eigenvalue weighted by molar-refractivity contribution is 0.136. The minimum absolute atomic E-state index is 0.511. The second kappa shape index (κ2) is 8.14. The Hall–Kier alpha value is 0.400. The van der Waals surface area contributed by atoms with Crippen molar-refractivity contribution in [3.8, 4) is 0 Å². The van der Waals surface area contributed by atoms with Crippen LogP contribution in [-0.2, 0) is 0 Å². The lowest BCUT2D eigenvalue weighted by atomic mass is 9.80. The number of nitrogens with zero attached hydrogens (tertiary/aromatic N) is 2. The summed E-state index contributed by atoms with van der Waals surface area (Å²) < 4.78 is 0. The summed E-state index contributed by atoms with van der Waals surface area (Å²) in [4.78, 5) is 5.54. The maximum atomic E-state index is 3.84. The van der Waals surface area contributed by atoms with E-state index >= 15 is 0 Å². The fraction of sp³-hybridized carbons (Fsp3) is 1.00. The van der Waals surface area contributed by atoms with Gasteiger partial charge in [-0.15, -0.1) is 0 Å². The number of rotatable bonds is 7. The maximum Gasteiger partial charge on any atom is 0.0223 e. The lowest BCUT2D eigenvalue weighted by Gasteiger charge is -2.38. The highest BCUT2D eigenvalue weighted by Crippen LogP contribution is 2.34. The van der Waals surface area contributed by atoms with Gasteiger partial charge in [0.1, 0.15) is 0 Å². The molecule has 0 amide bonds. The van der Waals surface area contributed by atoms with E-state index < -0.39 is 0 Å². The number of fused-ring (bicyclic) bond motifs is 1. The van der Waals surface area contributed by atoms with Gasteiger partial charge >= 0.3 is 0 Å². The zero-order chi connectivity index (χ0) is 14.4. The van der Waals surface area contributed by atoms with Crippen molar-refractivity contribution in [2.75, 3.05) is 38.1 Å². The van der Waals surface area contributed by atoms with Gasteiger partial charge in [-0.1, -0.05) is 42.6 Å². The molecule has 2 saturated heterocycles. The summed E-state index contributed by atoms with van der Waals surface area (Å²) in [6.45, 7) is 11.3. The predicted octanol–water partition coefficient (Wildman–Crippen LogP) is 4.14. The molecule has 0 saturated carbocycles. The second-order valence-corrected chi connectivity index (χ2v) is 7.62. The first kappa shape index (κ1) is 16.8. The highest BCUT2D eigenvalue weighted by molar-refractivity contribution is 9.09. The van der Waals surface area contributed by atoms with Crippen molar-refractivity contribution in [3.63, 3.8) is 0 Å². The Morgan fingerprint density at radius 1 is 1.05 bits per heavy atom. The first-order valence-corrected chi connectivity index (χ1v) is 9.87. The quantitative estimate of drug-likeness (QED) is 0.640. The van der Waals surface area contributed by atoms with E-state index in [1.54, 1.807) is 0 Å². The Kier molecular flexibility index (Phi) is 6.83. The molecule has 0 bridgehead atoms. The molecule has 2 nitrogen and oxygen atoms in total. The van der Waals surface area contributed by atoms with Gasteiger partial charge in [-0.25, -0.2) is 0 Å². The molecule has 1 unspecified atom stereocenters. The molecule has 2 rings (SSSR count). The first-order chi connectivity index (χ1) is 9.73. The molecule has 3 heteroatoms. The number of hydrogen-bond acceptors (Lipinski definition) is 2. The molecular weight excluding hydrogens is 312 g/mol. The normalized spacial score (nSPS) is 25.6. The molecule has 0 aromatic carbocycles. The summed E-state index contributed by atoms with van der Waals surface area (Å²) in [7, 11) is 0. The summed E-state index contributed by atoms with van der Waals surface area (Å²) in [5, 5.41) is 1.17. The molecule has 2 aliphatic heterocycles. The minimum atomic E-state index is 0.511. The molecule has 2 heterocycles. The molecule has 2 fully saturated rings. The van der Waals surface area contributed by atoms with Crippen LogP contribution in [0.1, 0.15) is 58.8 Å². The fourth-order valence-corrected chi connectivity index (χ4v) is 5.16. The van der Waals surface area contributed by atoms with Crippen molar-refractivity contribution in [2.45, 2.75) is 64.8 Å². The van der Waals surface area contributed by atoms with E-state index in [-0.39, 0.29) is 0 Å². The molecule has 0 radical (unpaired) electrons. The van der Waals surface area contributed by atoms with Crippen LogP contribution in [-0.4, -0.2) is 53.9 Å². The number of hydrogen-bond donors (Lipinski definition) is 0. The SMILES string of the molecule is CCCC(CBr)(CCC)CN1CCCN2CCCC2C1. The van der Waals surface area contributed by atoms with Crippen molar-refractivity contribution >= 4 is 15.9 Å². The third-order valence-corrected chi connectivity index (χ3v) is 6.48. The lowest BCUT2D eigenvalue weighted by Crippen LogP contribution is -2.43. The van der Waals surface area contributed by atoms with Gasteiger partial charge in [-0.05, 0) is 57.2 Å². The predicted molar refractivity (Wildman–Crippen MR) is 91.7 cm³/mol. The molecule has 2 aliphatic rings. The van der Waals surface area contributed by atoms with Crippen molar-refractivity contribution in [2.24, 2.45) is 5.41 Å². The Morgan fingerprint density at radius 3 is 2.40 bits per heavy atom. The zero-order valence-corrected chi connectivity index (χ0v) is 15.1. The number of alkyl halides is 1. The van der Waals surface area contributed by atoms with Crippen molar-refractivity contribution in [3.05, 3.63) is 0 Å². The first-order valence-electron chi connectivity index (χ1n) is 8.75. The Balaban J connectivity index is 1.97. The standard InChI is InChI=1S/C17H33BrN2/c1-3-8-17(14-18,9-4-2)15-19-10-6-12-20-11-5-7-16(20)13-19/h16H,3-15H2,1-2H3. The van der Waals surface area contributed by atoms with Gasteiger partial charge in [-0.2, -0.15) is 0 Å². The Morgan fingerprint density at radius 2 is 1.75 bits per heavy atom. The van der Waals surface area contributed by atoms with Crippen LogP contribution in [0.5, 0.6) is 0 Å². The van der Waals surface area contributed by atoms with Crippen LogP contribution in [0.15, 0.2) is 0 Å². The fourth-order valence-electron chi connectivity index (χ4n) is 4.42. The third kappa shape index (κ3) is 4.20. The van der Waals surface area contributed by atoms with Crippen LogP contribution in [0.4, 0.5) is 0 Å². The molecule has 0 spiro atoms. The summed E-state index contributed by atoms with van der Waals surface area (Å²) >= 11 is 3.84. The average Bonchev–Trinajstić information content (AvgIpc) is 2.78. The Labute approximate surface area is 134 Å². The second-order valence-electron chi connectivity index (χ2n) is 7.05. The van der Waals surface area contributed by atoms with Gasteiger partial charge in [0.25, 0.3) is 0 Å². The number of halogens is 1. The maximum absolute atomic E-state index is 3.84. The summed E-state index contributed by atoms with van der Waals surface area (Å²) in [6, 6.07) is 0.855. The van der Waals surface area contributed by atoms with E-state index in [1.165, 1.54) is 83.0 Å². The highest BCUT2D eigenvalue weighted by atomic mass is 79.9. The molecule has 0 aliphatic carbocycles. The third-order valence-electron chi connectivity index (χ3n) is 5.29. The minimum Gasteiger partial charge on any atom is -0.301 e. The molecule has 20 heavy (non-hydrogen) atoms. The van der Waals surface area contributed by atoms with Gasteiger partial charge in [0, 0.05) is 24.5 Å². The molecule has 118 valence electrons. The smallest absolute Gasteiger partial charge is 0.0223 e. The van der Waals surface area contributed by atoms with E-state index in [0.29, 0.717) is 5.41 Å². The molecule has 1 atom stereocenters. The van der Waals surface area contributed by atoms with E-state index in [1.807, 2.05) is 0 Å². The summed E-state index contributed by atoms with van der Waals surface area (Å²) in [5.74, 6) is 0. The van der Waals surface area contributed by atoms with Gasteiger partial charge in [0.2, 0.25) is 0 Å². The van der Waals surface area contributed by atoms with Crippen LogP contribution >= 0.6 is 15.9 Å². The summed E-state index contributed by atoms with van der Waals surface area (Å²) in [5.41, 5.74) is 0.511. The van der Waals surface area contributed by atoms with Crippen molar-refractivity contribution in [1.29, 1.82) is 0 Å². The van der Waals surface area contributed by atoms with Crippen molar-refractivity contribution < 1.29 is 0 Å². The van der Waals surface area contributed by atoms with Crippen LogP contribution in [0.25, 0.3) is 0 Å². The summed E-state index contributed by atoms with van der Waals surface area (Å²) in [6.07, 6.45) is 9.59. The Bertz CT molecular complexity index is 276. The van der Waals surface area contributed by atoms with E-state index in [0.717, 1.165) is 6.04 Å². The van der Waals surface area contributed by atoms with Crippen LogP contribution < -0.4 is 0 Å². The van der Waals surface area contributed by atoms with E-state index in [2.05, 4.69) is 39.6 Å². The van der Waals surface area contributed by atoms with E-state index in [4.69, 9.17) is 0 Å². The monoisotopic (exact) mass is 344 g/mol. The van der Waals surface area contributed by atoms with Crippen molar-refractivity contribution in [1.82, 2.24) is 9.80 Å². The zero-order valence-electron chi connectivity index (χ0n) is 13.5. The van der Waals surface area contributed by atoms with Gasteiger partial charge in [0.05, 0.1) is 0 Å². The van der Waals surface area contributed by atoms with Gasteiger partial charge in [0.15, 0.2) is 0 Å². The molecule has 0 aromatic heterocycles. The van der Waals surface area contributed by atoms with Gasteiger partial charge < -0.3 is 4.90 Å². The largest absolute Gasteiger partial charge is 0.301 e. The van der Waals surface area contributed by atoms with Crippen LogP contribution in [0.3, 0.4) is 0 Å². The molecule has 0 N–H and O–H groups in total.